The predicted octanol–water partition coefficient (Wildman–Crippen LogP) is 0.283. The summed E-state index contributed by atoms with van der Waals surface area (Å²) in [7, 11) is 1.15. The largest absolute Gasteiger partial charge is 0.447 e. The highest BCUT2D eigenvalue weighted by Gasteiger charge is 2.27. The number of sulfonamides is 1. The van der Waals surface area contributed by atoms with E-state index < -0.39 is 10.0 Å². The maximum Gasteiger partial charge on any atom is 0.276 e. The van der Waals surface area contributed by atoms with Crippen molar-refractivity contribution in [1.82, 2.24) is 9.62 Å². The van der Waals surface area contributed by atoms with Crippen LogP contribution in [0, 0.1) is 0 Å². The Morgan fingerprint density at radius 2 is 1.80 bits per heavy atom. The summed E-state index contributed by atoms with van der Waals surface area (Å²) in [4.78, 5) is 0. The van der Waals surface area contributed by atoms with Gasteiger partial charge in [0.15, 0.2) is 0 Å². The monoisotopic (exact) mass is 306 g/mol. The smallest absolute Gasteiger partial charge is 0.276 e. The molecule has 0 spiro atoms. The summed E-state index contributed by atoms with van der Waals surface area (Å²) < 4.78 is 41.5. The van der Waals surface area contributed by atoms with E-state index in [2.05, 4.69) is 5.32 Å². The lowest BCUT2D eigenvalue weighted by Crippen LogP contribution is -2.36. The predicted molar refractivity (Wildman–Crippen MR) is 74.0 cm³/mol. The lowest BCUT2D eigenvalue weighted by atomic mass is 10.4. The van der Waals surface area contributed by atoms with E-state index in [0.717, 1.165) is 0 Å². The second-order valence-electron chi connectivity index (χ2n) is 4.14. The molecule has 0 saturated carbocycles. The van der Waals surface area contributed by atoms with Crippen LogP contribution < -0.4 is 5.32 Å². The van der Waals surface area contributed by atoms with Gasteiger partial charge in [-0.25, -0.2) is 8.42 Å². The van der Waals surface area contributed by atoms with Crippen LogP contribution >= 0.6 is 0 Å². The van der Waals surface area contributed by atoms with Gasteiger partial charge in [0, 0.05) is 27.3 Å². The van der Waals surface area contributed by atoms with E-state index in [9.17, 15) is 8.42 Å². The molecule has 1 heterocycles. The average molecular weight is 306 g/mol. The third kappa shape index (κ3) is 4.57. The molecule has 0 unspecified atom stereocenters. The lowest BCUT2D eigenvalue weighted by Gasteiger charge is -2.19. The zero-order valence-electron chi connectivity index (χ0n) is 12.1. The fraction of sp³-hybridized carbons (Fsp3) is 0.667. The summed E-state index contributed by atoms with van der Waals surface area (Å²) in [5, 5.41) is 2.84. The van der Waals surface area contributed by atoms with E-state index in [0.29, 0.717) is 25.5 Å². The first kappa shape index (κ1) is 17.1. The van der Waals surface area contributed by atoms with Crippen molar-refractivity contribution < 1.29 is 22.3 Å². The summed E-state index contributed by atoms with van der Waals surface area (Å²) in [6, 6.07) is 3.11. The molecule has 0 fully saturated rings. The quantitative estimate of drug-likeness (QED) is 0.669. The van der Waals surface area contributed by atoms with Gasteiger partial charge in [-0.2, -0.15) is 4.31 Å². The maximum atomic E-state index is 12.5. The van der Waals surface area contributed by atoms with Gasteiger partial charge >= 0.3 is 0 Å². The zero-order valence-corrected chi connectivity index (χ0v) is 12.9. The van der Waals surface area contributed by atoms with E-state index in [1.165, 1.54) is 24.6 Å². The Morgan fingerprint density at radius 3 is 2.30 bits per heavy atom. The normalized spacial score (nSPS) is 12.2. The summed E-state index contributed by atoms with van der Waals surface area (Å²) in [6.45, 7) is 1.61. The summed E-state index contributed by atoms with van der Waals surface area (Å²) in [5.41, 5.74) is 0. The van der Waals surface area contributed by atoms with Crippen molar-refractivity contribution >= 4 is 10.0 Å². The summed E-state index contributed by atoms with van der Waals surface area (Å²) in [5.74, 6) is 0.574. The Kier molecular flexibility index (Phi) is 7.17. The van der Waals surface area contributed by atoms with Gasteiger partial charge < -0.3 is 19.2 Å². The van der Waals surface area contributed by atoms with Crippen LogP contribution in [0.15, 0.2) is 21.6 Å². The van der Waals surface area contributed by atoms with E-state index >= 15 is 0 Å². The van der Waals surface area contributed by atoms with Crippen LogP contribution in [-0.2, 0) is 26.0 Å². The molecule has 1 aromatic rings. The Morgan fingerprint density at radius 1 is 1.20 bits per heavy atom. The average Bonchev–Trinajstić information content (AvgIpc) is 2.88. The van der Waals surface area contributed by atoms with Gasteiger partial charge in [0.1, 0.15) is 5.76 Å². The fourth-order valence-corrected chi connectivity index (χ4v) is 2.97. The zero-order chi connectivity index (χ0) is 15.0. The van der Waals surface area contributed by atoms with Crippen LogP contribution in [0.4, 0.5) is 0 Å². The topological polar surface area (TPSA) is 81.0 Å². The van der Waals surface area contributed by atoms with E-state index in [1.807, 2.05) is 0 Å². The molecule has 0 aliphatic rings. The van der Waals surface area contributed by atoms with Crippen LogP contribution in [-0.4, -0.2) is 60.3 Å². The molecule has 0 aromatic carbocycles. The van der Waals surface area contributed by atoms with Gasteiger partial charge in [-0.05, 0) is 19.2 Å². The highest BCUT2D eigenvalue weighted by Crippen LogP contribution is 2.18. The molecule has 0 bridgehead atoms. The summed E-state index contributed by atoms with van der Waals surface area (Å²) >= 11 is 0. The molecule has 0 atom stereocenters. The van der Waals surface area contributed by atoms with Gasteiger partial charge in [-0.3, -0.25) is 0 Å². The number of ether oxygens (including phenoxy) is 2. The van der Waals surface area contributed by atoms with Crippen LogP contribution in [0.5, 0.6) is 0 Å². The number of hydrogen-bond acceptors (Lipinski definition) is 6. The number of rotatable bonds is 10. The lowest BCUT2D eigenvalue weighted by molar-refractivity contribution is 0.149. The van der Waals surface area contributed by atoms with Gasteiger partial charge in [0.25, 0.3) is 10.0 Å². The number of furan rings is 1. The first-order valence-electron chi connectivity index (χ1n) is 6.27. The molecule has 1 N–H and O–H groups in total. The van der Waals surface area contributed by atoms with Crippen LogP contribution in [0.25, 0.3) is 0 Å². The second-order valence-corrected chi connectivity index (χ2v) is 6.01. The minimum absolute atomic E-state index is 0.0602. The molecule has 0 aliphatic carbocycles. The second kappa shape index (κ2) is 8.38. The molecule has 20 heavy (non-hydrogen) atoms. The van der Waals surface area contributed by atoms with E-state index in [1.54, 1.807) is 13.1 Å². The highest BCUT2D eigenvalue weighted by molar-refractivity contribution is 7.89. The van der Waals surface area contributed by atoms with Crippen molar-refractivity contribution in [2.45, 2.75) is 11.6 Å². The molecule has 0 amide bonds. The van der Waals surface area contributed by atoms with Crippen LogP contribution in [0.1, 0.15) is 5.76 Å². The number of methoxy groups -OCH3 is 2. The number of hydrogen-bond donors (Lipinski definition) is 1. The first-order chi connectivity index (χ1) is 9.56. The first-order valence-corrected chi connectivity index (χ1v) is 7.71. The molecule has 8 heteroatoms. The highest BCUT2D eigenvalue weighted by atomic mass is 32.2. The third-order valence-corrected chi connectivity index (χ3v) is 4.44. The molecular formula is C12H22N2O5S. The minimum Gasteiger partial charge on any atom is -0.447 e. The van der Waals surface area contributed by atoms with Crippen molar-refractivity contribution in [3.05, 3.63) is 17.9 Å². The molecule has 0 radical (unpaired) electrons. The SMILES string of the molecule is CNCc1ccc(S(=O)(=O)N(CCOC)CCOC)o1. The van der Waals surface area contributed by atoms with Crippen molar-refractivity contribution in [1.29, 1.82) is 0 Å². The molecule has 0 aliphatic heterocycles. The Hall–Kier alpha value is -0.930. The molecular weight excluding hydrogens is 284 g/mol. The number of nitrogens with one attached hydrogen (secondary N) is 1. The molecule has 1 rings (SSSR count). The van der Waals surface area contributed by atoms with Gasteiger partial charge in [-0.1, -0.05) is 0 Å². The fourth-order valence-electron chi connectivity index (χ4n) is 1.63. The number of nitrogens with zero attached hydrogens (tertiary/aromatic N) is 1. The van der Waals surface area contributed by atoms with Crippen LogP contribution in [0.2, 0.25) is 0 Å². The Balaban J connectivity index is 2.88. The Labute approximate surface area is 119 Å². The minimum atomic E-state index is -3.66. The van der Waals surface area contributed by atoms with E-state index in [4.69, 9.17) is 13.9 Å². The van der Waals surface area contributed by atoms with Crippen molar-refractivity contribution in [3.8, 4) is 0 Å². The standard InChI is InChI=1S/C12H22N2O5S/c1-13-10-11-4-5-12(19-11)20(15,16)14(6-8-17-2)7-9-18-3/h4-5,13H,6-10H2,1-3H3. The Bertz CT molecular complexity index is 478. The van der Waals surface area contributed by atoms with Crippen LogP contribution in [0.3, 0.4) is 0 Å². The van der Waals surface area contributed by atoms with Crippen molar-refractivity contribution in [2.75, 3.05) is 47.6 Å². The van der Waals surface area contributed by atoms with Crippen molar-refractivity contribution in [2.24, 2.45) is 0 Å². The third-order valence-electron chi connectivity index (χ3n) is 2.67. The van der Waals surface area contributed by atoms with Gasteiger partial charge in [0.2, 0.25) is 5.09 Å². The van der Waals surface area contributed by atoms with E-state index in [-0.39, 0.29) is 18.2 Å². The molecule has 0 saturated heterocycles. The maximum absolute atomic E-state index is 12.5. The molecule has 7 nitrogen and oxygen atoms in total. The van der Waals surface area contributed by atoms with Gasteiger partial charge in [-0.15, -0.1) is 0 Å². The van der Waals surface area contributed by atoms with Gasteiger partial charge in [0.05, 0.1) is 19.8 Å². The van der Waals surface area contributed by atoms with Crippen molar-refractivity contribution in [3.63, 3.8) is 0 Å². The molecule has 1 aromatic heterocycles. The summed E-state index contributed by atoms with van der Waals surface area (Å²) in [6.07, 6.45) is 0. The molecule has 116 valence electrons.